The van der Waals surface area contributed by atoms with Gasteiger partial charge >= 0.3 is 0 Å². The Bertz CT molecular complexity index is 227. The minimum Gasteiger partial charge on any atom is -0.549 e. The molecule has 0 aromatic rings. The standard InChI is InChI=1S/C9H15NO2S2/c1-7(8(11)12)14-9(13)10-5-3-2-4-6-10/h7H,2-6H2,1H3,(H,11,12)/p-1/t7-/m1/s1. The largest absolute Gasteiger partial charge is 0.549 e. The molecule has 0 unspecified atom stereocenters. The van der Waals surface area contributed by atoms with Gasteiger partial charge in [0.25, 0.3) is 0 Å². The number of thiocarbonyl (C=S) groups is 1. The Morgan fingerprint density at radius 3 is 2.50 bits per heavy atom. The molecule has 0 amide bonds. The molecule has 80 valence electrons. The molecule has 0 aromatic heterocycles. The van der Waals surface area contributed by atoms with E-state index in [1.807, 2.05) is 0 Å². The first-order chi connectivity index (χ1) is 6.61. The van der Waals surface area contributed by atoms with Crippen molar-refractivity contribution in [1.29, 1.82) is 0 Å². The van der Waals surface area contributed by atoms with Crippen molar-refractivity contribution < 1.29 is 9.90 Å². The summed E-state index contributed by atoms with van der Waals surface area (Å²) in [5.74, 6) is -1.05. The highest BCUT2D eigenvalue weighted by molar-refractivity contribution is 8.23. The van der Waals surface area contributed by atoms with E-state index in [-0.39, 0.29) is 0 Å². The monoisotopic (exact) mass is 232 g/mol. The van der Waals surface area contributed by atoms with Crippen molar-refractivity contribution in [3.63, 3.8) is 0 Å². The van der Waals surface area contributed by atoms with E-state index in [0.29, 0.717) is 4.32 Å². The average Bonchev–Trinajstić information content (AvgIpc) is 2.19. The van der Waals surface area contributed by atoms with Crippen molar-refractivity contribution in [2.24, 2.45) is 0 Å². The molecule has 14 heavy (non-hydrogen) atoms. The number of hydrogen-bond acceptors (Lipinski definition) is 4. The van der Waals surface area contributed by atoms with Crippen LogP contribution in [0.15, 0.2) is 0 Å². The second kappa shape index (κ2) is 5.56. The third-order valence-corrected chi connectivity index (χ3v) is 3.78. The lowest BCUT2D eigenvalue weighted by Crippen LogP contribution is -2.37. The van der Waals surface area contributed by atoms with Gasteiger partial charge in [0, 0.05) is 18.3 Å². The maximum Gasteiger partial charge on any atom is 0.137 e. The van der Waals surface area contributed by atoms with Crippen LogP contribution in [0.4, 0.5) is 0 Å². The molecule has 0 bridgehead atoms. The van der Waals surface area contributed by atoms with Crippen LogP contribution in [0.2, 0.25) is 0 Å². The van der Waals surface area contributed by atoms with Gasteiger partial charge in [0.1, 0.15) is 4.32 Å². The molecule has 0 radical (unpaired) electrons. The molecule has 0 spiro atoms. The van der Waals surface area contributed by atoms with E-state index in [9.17, 15) is 9.90 Å². The summed E-state index contributed by atoms with van der Waals surface area (Å²) in [4.78, 5) is 12.6. The lowest BCUT2D eigenvalue weighted by Gasteiger charge is -2.29. The van der Waals surface area contributed by atoms with Crippen molar-refractivity contribution in [2.45, 2.75) is 31.4 Å². The zero-order chi connectivity index (χ0) is 10.6. The van der Waals surface area contributed by atoms with E-state index < -0.39 is 11.2 Å². The zero-order valence-electron chi connectivity index (χ0n) is 8.19. The normalized spacial score (nSPS) is 19.1. The number of carbonyl (C=O) groups excluding carboxylic acids is 1. The lowest BCUT2D eigenvalue weighted by molar-refractivity contribution is -0.304. The van der Waals surface area contributed by atoms with Crippen molar-refractivity contribution >= 4 is 34.3 Å². The van der Waals surface area contributed by atoms with Gasteiger partial charge in [-0.2, -0.15) is 0 Å². The van der Waals surface area contributed by atoms with E-state index >= 15 is 0 Å². The van der Waals surface area contributed by atoms with E-state index in [4.69, 9.17) is 12.2 Å². The van der Waals surface area contributed by atoms with Gasteiger partial charge in [-0.25, -0.2) is 0 Å². The van der Waals surface area contributed by atoms with Crippen LogP contribution in [0.1, 0.15) is 26.2 Å². The number of carboxylic acid groups (broad SMARTS) is 1. The zero-order valence-corrected chi connectivity index (χ0v) is 9.83. The number of hydrogen-bond donors (Lipinski definition) is 0. The fourth-order valence-electron chi connectivity index (χ4n) is 1.35. The Balaban J connectivity index is 2.36. The van der Waals surface area contributed by atoms with Gasteiger partial charge in [0.2, 0.25) is 0 Å². The second-order valence-electron chi connectivity index (χ2n) is 3.39. The number of carbonyl (C=O) groups is 1. The Hall–Kier alpha value is -0.290. The highest BCUT2D eigenvalue weighted by Gasteiger charge is 2.16. The minimum absolute atomic E-state index is 0.551. The first-order valence-electron chi connectivity index (χ1n) is 4.77. The number of likely N-dealkylation sites (tertiary alicyclic amines) is 1. The van der Waals surface area contributed by atoms with Crippen LogP contribution in [-0.2, 0) is 4.79 Å². The molecule has 5 heteroatoms. The predicted molar refractivity (Wildman–Crippen MR) is 60.1 cm³/mol. The van der Waals surface area contributed by atoms with Crippen molar-refractivity contribution in [3.05, 3.63) is 0 Å². The number of thioether (sulfide) groups is 1. The van der Waals surface area contributed by atoms with Crippen molar-refractivity contribution in [3.8, 4) is 0 Å². The average molecular weight is 232 g/mol. The topological polar surface area (TPSA) is 43.4 Å². The SMILES string of the molecule is C[C@@H](SC(=S)N1CCCCC1)C(=O)[O-]. The van der Waals surface area contributed by atoms with E-state index in [0.717, 1.165) is 25.9 Å². The van der Waals surface area contributed by atoms with Crippen LogP contribution in [0, 0.1) is 0 Å². The molecule has 1 heterocycles. The van der Waals surface area contributed by atoms with E-state index in [1.165, 1.54) is 18.2 Å². The molecule has 1 aliphatic rings. The molecule has 3 nitrogen and oxygen atoms in total. The smallest absolute Gasteiger partial charge is 0.137 e. The molecule has 1 atom stereocenters. The quantitative estimate of drug-likeness (QED) is 0.653. The molecular weight excluding hydrogens is 218 g/mol. The van der Waals surface area contributed by atoms with E-state index in [1.54, 1.807) is 6.92 Å². The highest BCUT2D eigenvalue weighted by Crippen LogP contribution is 2.19. The van der Waals surface area contributed by atoms with Gasteiger partial charge in [0.05, 0.1) is 5.97 Å². The second-order valence-corrected chi connectivity index (χ2v) is 5.37. The van der Waals surface area contributed by atoms with Crippen LogP contribution >= 0.6 is 24.0 Å². The van der Waals surface area contributed by atoms with Crippen LogP contribution in [0.25, 0.3) is 0 Å². The summed E-state index contributed by atoms with van der Waals surface area (Å²) in [5.41, 5.74) is 0. The summed E-state index contributed by atoms with van der Waals surface area (Å²) in [7, 11) is 0. The lowest BCUT2D eigenvalue weighted by atomic mass is 10.1. The van der Waals surface area contributed by atoms with Crippen molar-refractivity contribution in [1.82, 2.24) is 4.90 Å². The molecule has 1 saturated heterocycles. The number of rotatable bonds is 2. The van der Waals surface area contributed by atoms with Crippen LogP contribution in [0.5, 0.6) is 0 Å². The maximum absolute atomic E-state index is 10.5. The fraction of sp³-hybridized carbons (Fsp3) is 0.778. The third kappa shape index (κ3) is 3.46. The number of aliphatic carboxylic acids is 1. The van der Waals surface area contributed by atoms with Gasteiger partial charge in [-0.05, 0) is 26.2 Å². The molecule has 0 saturated carbocycles. The van der Waals surface area contributed by atoms with Gasteiger partial charge in [-0.1, -0.05) is 24.0 Å². The molecular formula is C9H14NO2S2-. The summed E-state index contributed by atoms with van der Waals surface area (Å²) in [5, 5.41) is 9.96. The van der Waals surface area contributed by atoms with Gasteiger partial charge in [-0.15, -0.1) is 0 Å². The summed E-state index contributed by atoms with van der Waals surface area (Å²) in [6, 6.07) is 0. The Kier molecular flexibility index (Phi) is 4.68. The number of nitrogens with zero attached hydrogens (tertiary/aromatic N) is 1. The maximum atomic E-state index is 10.5. The molecule has 1 fully saturated rings. The van der Waals surface area contributed by atoms with Gasteiger partial charge in [-0.3, -0.25) is 0 Å². The summed E-state index contributed by atoms with van der Waals surface area (Å²) in [6.07, 6.45) is 3.56. The molecule has 0 aliphatic carbocycles. The van der Waals surface area contributed by atoms with Crippen LogP contribution in [-0.4, -0.2) is 33.5 Å². The minimum atomic E-state index is -1.05. The summed E-state index contributed by atoms with van der Waals surface area (Å²) < 4.78 is 0.696. The Morgan fingerprint density at radius 1 is 1.43 bits per heavy atom. The predicted octanol–water partition coefficient (Wildman–Crippen LogP) is 0.629. The molecule has 0 aromatic carbocycles. The Morgan fingerprint density at radius 2 is 2.00 bits per heavy atom. The molecule has 1 rings (SSSR count). The number of carboxylic acids is 1. The Labute approximate surface area is 93.9 Å². The fourth-order valence-corrected chi connectivity index (χ4v) is 2.70. The molecule has 0 N–H and O–H groups in total. The molecule has 1 aliphatic heterocycles. The first-order valence-corrected chi connectivity index (χ1v) is 6.06. The van der Waals surface area contributed by atoms with E-state index in [2.05, 4.69) is 4.90 Å². The van der Waals surface area contributed by atoms with Gasteiger partial charge < -0.3 is 14.8 Å². The summed E-state index contributed by atoms with van der Waals surface area (Å²) >= 11 is 6.38. The van der Waals surface area contributed by atoms with Crippen molar-refractivity contribution in [2.75, 3.05) is 13.1 Å². The first kappa shape index (κ1) is 11.8. The third-order valence-electron chi connectivity index (χ3n) is 2.22. The summed E-state index contributed by atoms with van der Waals surface area (Å²) in [6.45, 7) is 3.54. The van der Waals surface area contributed by atoms with Crippen LogP contribution < -0.4 is 5.11 Å². The van der Waals surface area contributed by atoms with Gasteiger partial charge in [0.15, 0.2) is 0 Å². The number of piperidine rings is 1. The van der Waals surface area contributed by atoms with Crippen LogP contribution in [0.3, 0.4) is 0 Å². The highest BCUT2D eigenvalue weighted by atomic mass is 32.2.